The normalized spacial score (nSPS) is 26.7. The lowest BCUT2D eigenvalue weighted by Crippen LogP contribution is -2.45. The molecule has 21 heavy (non-hydrogen) atoms. The van der Waals surface area contributed by atoms with Gasteiger partial charge in [0.25, 0.3) is 0 Å². The van der Waals surface area contributed by atoms with E-state index in [2.05, 4.69) is 10.9 Å². The summed E-state index contributed by atoms with van der Waals surface area (Å²) >= 11 is 0. The van der Waals surface area contributed by atoms with Gasteiger partial charge in [-0.3, -0.25) is 0 Å². The van der Waals surface area contributed by atoms with Crippen LogP contribution in [-0.2, 0) is 14.3 Å². The maximum Gasteiger partial charge on any atom is 0.189 e. The number of rotatable bonds is 1. The smallest absolute Gasteiger partial charge is 0.189 e. The van der Waals surface area contributed by atoms with Crippen molar-refractivity contribution in [1.82, 2.24) is 0 Å². The summed E-state index contributed by atoms with van der Waals surface area (Å²) in [5.41, 5.74) is 6.14. The van der Waals surface area contributed by atoms with E-state index in [0.717, 1.165) is 17.7 Å². The lowest BCUT2D eigenvalue weighted by Gasteiger charge is -2.35. The number of oxime groups is 1. The van der Waals surface area contributed by atoms with Crippen LogP contribution in [-0.4, -0.2) is 31.6 Å². The lowest BCUT2D eigenvalue weighted by molar-refractivity contribution is -0.262. The first kappa shape index (κ1) is 17.6. The summed E-state index contributed by atoms with van der Waals surface area (Å²) in [4.78, 5) is 5.42. The van der Waals surface area contributed by atoms with Crippen molar-refractivity contribution < 1.29 is 14.3 Å². The minimum Gasteiger partial charge on any atom is -0.384 e. The Bertz CT molecular complexity index is 426. The number of nitrogens with two attached hydrogens (primary N) is 1. The van der Waals surface area contributed by atoms with Gasteiger partial charge >= 0.3 is 0 Å². The first-order valence-corrected chi connectivity index (χ1v) is 7.35. The van der Waals surface area contributed by atoms with Crippen LogP contribution in [0.2, 0.25) is 0 Å². The van der Waals surface area contributed by atoms with Gasteiger partial charge in [-0.25, -0.2) is 0 Å². The van der Waals surface area contributed by atoms with Gasteiger partial charge in [-0.05, 0) is 14.0 Å². The van der Waals surface area contributed by atoms with Crippen LogP contribution in [0, 0.1) is 0 Å². The van der Waals surface area contributed by atoms with Gasteiger partial charge in [0.15, 0.2) is 11.9 Å². The Balaban J connectivity index is 0.000000510. The van der Waals surface area contributed by atoms with Gasteiger partial charge < -0.3 is 20.0 Å². The van der Waals surface area contributed by atoms with Crippen molar-refractivity contribution in [3.8, 4) is 0 Å². The maximum absolute atomic E-state index is 5.73. The van der Waals surface area contributed by atoms with E-state index in [-0.39, 0.29) is 6.29 Å². The molecule has 5 nitrogen and oxygen atoms in total. The molecular weight excluding hydrogens is 268 g/mol. The minimum atomic E-state index is -0.393. The fraction of sp³-hybridized carbons (Fsp3) is 0.562. The Morgan fingerprint density at radius 2 is 1.67 bits per heavy atom. The first-order valence-electron chi connectivity index (χ1n) is 7.35. The second-order valence-corrected chi connectivity index (χ2v) is 4.64. The summed E-state index contributed by atoms with van der Waals surface area (Å²) < 4.78 is 11.5. The van der Waals surface area contributed by atoms with E-state index in [9.17, 15) is 0 Å². The summed E-state index contributed by atoms with van der Waals surface area (Å²) in [6.07, 6.45) is 0.500. The van der Waals surface area contributed by atoms with E-state index < -0.39 is 5.60 Å². The van der Waals surface area contributed by atoms with Gasteiger partial charge in [-0.2, -0.15) is 0 Å². The van der Waals surface area contributed by atoms with Crippen LogP contribution in [0.15, 0.2) is 35.5 Å². The highest BCUT2D eigenvalue weighted by Gasteiger charge is 2.43. The predicted octanol–water partition coefficient (Wildman–Crippen LogP) is 2.87. The standard InChI is InChI=1S/C13H15NO3.C2H6.CH5N/c1-10-7-13(17-14-10)8-15-12(16-9-13)11-5-3-2-4-6-11;2*1-2/h2-6,12H,7-9H2,1H3;1-2H3;2H2,1H3. The fourth-order valence-corrected chi connectivity index (χ4v) is 2.21. The molecule has 1 saturated heterocycles. The second-order valence-electron chi connectivity index (χ2n) is 4.64. The fourth-order valence-electron chi connectivity index (χ4n) is 2.21. The van der Waals surface area contributed by atoms with Crippen molar-refractivity contribution in [1.29, 1.82) is 0 Å². The predicted molar refractivity (Wildman–Crippen MR) is 84.1 cm³/mol. The van der Waals surface area contributed by atoms with E-state index in [1.165, 1.54) is 7.05 Å². The molecule has 0 amide bonds. The molecule has 0 unspecified atom stereocenters. The van der Waals surface area contributed by atoms with Gasteiger partial charge in [-0.1, -0.05) is 49.3 Å². The van der Waals surface area contributed by atoms with E-state index in [1.807, 2.05) is 51.1 Å². The highest BCUT2D eigenvalue weighted by atomic mass is 16.7. The third-order valence-corrected chi connectivity index (χ3v) is 3.04. The second kappa shape index (κ2) is 8.77. The van der Waals surface area contributed by atoms with Gasteiger partial charge in [-0.15, -0.1) is 0 Å². The van der Waals surface area contributed by atoms with Crippen molar-refractivity contribution in [3.63, 3.8) is 0 Å². The molecule has 118 valence electrons. The maximum atomic E-state index is 5.73. The van der Waals surface area contributed by atoms with Crippen molar-refractivity contribution in [3.05, 3.63) is 35.9 Å². The number of hydrogen-bond acceptors (Lipinski definition) is 5. The molecule has 5 heteroatoms. The molecule has 3 rings (SSSR count). The average Bonchev–Trinajstić information content (AvgIpc) is 2.93. The van der Waals surface area contributed by atoms with Gasteiger partial charge in [0.05, 0.1) is 18.9 Å². The molecule has 0 atom stereocenters. The molecule has 0 aromatic heterocycles. The molecule has 1 spiro atoms. The quantitative estimate of drug-likeness (QED) is 0.865. The van der Waals surface area contributed by atoms with Gasteiger partial charge in [0.1, 0.15) is 0 Å². The molecule has 2 aliphatic rings. The zero-order valence-electron chi connectivity index (χ0n) is 13.3. The zero-order chi connectivity index (χ0) is 15.7. The summed E-state index contributed by atoms with van der Waals surface area (Å²) in [7, 11) is 1.50. The van der Waals surface area contributed by atoms with E-state index >= 15 is 0 Å². The van der Waals surface area contributed by atoms with Crippen LogP contribution in [0.4, 0.5) is 0 Å². The molecule has 2 heterocycles. The molecule has 2 aliphatic heterocycles. The molecule has 1 fully saturated rings. The van der Waals surface area contributed by atoms with Gasteiger partial charge in [0, 0.05) is 12.0 Å². The highest BCUT2D eigenvalue weighted by molar-refractivity contribution is 5.83. The van der Waals surface area contributed by atoms with Crippen LogP contribution in [0.1, 0.15) is 39.0 Å². The van der Waals surface area contributed by atoms with Crippen LogP contribution in [0.3, 0.4) is 0 Å². The van der Waals surface area contributed by atoms with Crippen molar-refractivity contribution in [2.24, 2.45) is 10.9 Å². The van der Waals surface area contributed by atoms with Crippen LogP contribution < -0.4 is 5.73 Å². The van der Waals surface area contributed by atoms with Gasteiger partial charge in [0.2, 0.25) is 0 Å². The van der Waals surface area contributed by atoms with Crippen LogP contribution in [0.25, 0.3) is 0 Å². The Morgan fingerprint density at radius 1 is 1.10 bits per heavy atom. The molecular formula is C16H26N2O3. The van der Waals surface area contributed by atoms with Crippen molar-refractivity contribution in [2.45, 2.75) is 39.1 Å². The minimum absolute atomic E-state index is 0.286. The third-order valence-electron chi connectivity index (χ3n) is 3.04. The number of benzene rings is 1. The molecule has 0 saturated carbocycles. The van der Waals surface area contributed by atoms with Crippen LogP contribution in [0.5, 0.6) is 0 Å². The monoisotopic (exact) mass is 294 g/mol. The molecule has 2 N–H and O–H groups in total. The van der Waals surface area contributed by atoms with E-state index in [1.54, 1.807) is 0 Å². The number of hydrogen-bond donors (Lipinski definition) is 1. The Morgan fingerprint density at radius 3 is 2.14 bits per heavy atom. The molecule has 1 aromatic rings. The summed E-state index contributed by atoms with van der Waals surface area (Å²) in [5, 5.41) is 3.97. The van der Waals surface area contributed by atoms with E-state index in [4.69, 9.17) is 14.3 Å². The highest BCUT2D eigenvalue weighted by Crippen LogP contribution is 2.33. The molecule has 0 radical (unpaired) electrons. The summed E-state index contributed by atoms with van der Waals surface area (Å²) in [6, 6.07) is 9.93. The molecule has 1 aromatic carbocycles. The Hall–Kier alpha value is -1.43. The van der Waals surface area contributed by atoms with Crippen LogP contribution >= 0.6 is 0 Å². The molecule has 0 bridgehead atoms. The zero-order valence-corrected chi connectivity index (χ0v) is 13.3. The summed E-state index contributed by atoms with van der Waals surface area (Å²) in [6.45, 7) is 7.00. The Labute approximate surface area is 127 Å². The molecule has 0 aliphatic carbocycles. The topological polar surface area (TPSA) is 66.1 Å². The number of ether oxygens (including phenoxy) is 2. The SMILES string of the molecule is CC.CC1=NOC2(COC(c3ccccc3)OC2)C1.CN. The third kappa shape index (κ3) is 4.52. The summed E-state index contributed by atoms with van der Waals surface area (Å²) in [5.74, 6) is 0. The Kier molecular flexibility index (Phi) is 7.36. The van der Waals surface area contributed by atoms with E-state index in [0.29, 0.717) is 13.2 Å². The first-order chi connectivity index (χ1) is 10.3. The van der Waals surface area contributed by atoms with Crippen molar-refractivity contribution >= 4 is 5.71 Å². The number of nitrogens with zero attached hydrogens (tertiary/aromatic N) is 1. The average molecular weight is 294 g/mol. The lowest BCUT2D eigenvalue weighted by atomic mass is 9.99. The van der Waals surface area contributed by atoms with Crippen molar-refractivity contribution in [2.75, 3.05) is 20.3 Å². The largest absolute Gasteiger partial charge is 0.384 e.